The number of ether oxygens (including phenoxy) is 2. The quantitative estimate of drug-likeness (QED) is 0.751. The first kappa shape index (κ1) is 17.1. The number of nitrogens with zero attached hydrogens (tertiary/aromatic N) is 2. The minimum atomic E-state index is -0.253. The molecule has 0 atom stereocenters. The lowest BCUT2D eigenvalue weighted by molar-refractivity contribution is -0.111. The Bertz CT molecular complexity index is 653. The SMILES string of the molecule is CCCOc1ccc(/C=C/C(=O)Nc2nnc(COC)s2)cc1. The Morgan fingerprint density at radius 3 is 2.78 bits per heavy atom. The van der Waals surface area contributed by atoms with Crippen LogP contribution in [0.4, 0.5) is 5.13 Å². The molecule has 2 rings (SSSR count). The first-order valence-corrected chi connectivity index (χ1v) is 8.06. The zero-order valence-corrected chi connectivity index (χ0v) is 13.9. The smallest absolute Gasteiger partial charge is 0.250 e. The van der Waals surface area contributed by atoms with Gasteiger partial charge in [-0.05, 0) is 30.2 Å². The summed E-state index contributed by atoms with van der Waals surface area (Å²) in [6, 6.07) is 7.57. The summed E-state index contributed by atoms with van der Waals surface area (Å²) >= 11 is 1.29. The van der Waals surface area contributed by atoms with Crippen molar-refractivity contribution in [1.29, 1.82) is 0 Å². The molecule has 0 unspecified atom stereocenters. The van der Waals surface area contributed by atoms with Crippen LogP contribution >= 0.6 is 11.3 Å². The molecule has 1 N–H and O–H groups in total. The number of nitrogens with one attached hydrogen (secondary N) is 1. The minimum Gasteiger partial charge on any atom is -0.494 e. The van der Waals surface area contributed by atoms with Crippen LogP contribution in [0.15, 0.2) is 30.3 Å². The molecule has 0 spiro atoms. The molecule has 1 amide bonds. The Labute approximate surface area is 139 Å². The highest BCUT2D eigenvalue weighted by molar-refractivity contribution is 7.15. The Morgan fingerprint density at radius 1 is 1.30 bits per heavy atom. The maximum atomic E-state index is 11.8. The maximum absolute atomic E-state index is 11.8. The number of rotatable bonds is 8. The van der Waals surface area contributed by atoms with Crippen LogP contribution in [0.3, 0.4) is 0 Å². The molecular formula is C16H19N3O3S. The van der Waals surface area contributed by atoms with E-state index in [4.69, 9.17) is 9.47 Å². The molecule has 0 aliphatic heterocycles. The van der Waals surface area contributed by atoms with Crippen molar-refractivity contribution in [2.24, 2.45) is 0 Å². The number of benzene rings is 1. The van der Waals surface area contributed by atoms with Crippen LogP contribution in [0.2, 0.25) is 0 Å². The van der Waals surface area contributed by atoms with Gasteiger partial charge in [0.05, 0.1) is 6.61 Å². The summed E-state index contributed by atoms with van der Waals surface area (Å²) < 4.78 is 10.5. The third kappa shape index (κ3) is 5.80. The standard InChI is InChI=1S/C16H19N3O3S/c1-3-10-22-13-7-4-12(5-8-13)6-9-14(20)17-16-19-18-15(23-16)11-21-2/h4-9H,3,10-11H2,1-2H3,(H,17,19,20)/b9-6+. The number of aromatic nitrogens is 2. The van der Waals surface area contributed by atoms with Gasteiger partial charge in [-0.25, -0.2) is 0 Å². The molecule has 0 saturated carbocycles. The molecule has 0 saturated heterocycles. The monoisotopic (exact) mass is 333 g/mol. The van der Waals surface area contributed by atoms with E-state index >= 15 is 0 Å². The lowest BCUT2D eigenvalue weighted by Crippen LogP contribution is -2.07. The van der Waals surface area contributed by atoms with Crippen LogP contribution in [0.25, 0.3) is 6.08 Å². The Kier molecular flexibility index (Phi) is 6.71. The predicted octanol–water partition coefficient (Wildman–Crippen LogP) is 3.13. The number of methoxy groups -OCH3 is 1. The molecule has 23 heavy (non-hydrogen) atoms. The average molecular weight is 333 g/mol. The number of carbonyl (C=O) groups is 1. The number of anilines is 1. The van der Waals surface area contributed by atoms with Crippen LogP contribution in [-0.2, 0) is 16.1 Å². The van der Waals surface area contributed by atoms with Crippen LogP contribution < -0.4 is 10.1 Å². The molecule has 0 radical (unpaired) electrons. The van der Waals surface area contributed by atoms with E-state index in [0.717, 1.165) is 22.7 Å². The lowest BCUT2D eigenvalue weighted by Gasteiger charge is -2.03. The topological polar surface area (TPSA) is 73.3 Å². The zero-order chi connectivity index (χ0) is 16.5. The van der Waals surface area contributed by atoms with E-state index in [1.165, 1.54) is 17.4 Å². The molecule has 122 valence electrons. The van der Waals surface area contributed by atoms with E-state index in [9.17, 15) is 4.79 Å². The lowest BCUT2D eigenvalue weighted by atomic mass is 10.2. The summed E-state index contributed by atoms with van der Waals surface area (Å²) in [4.78, 5) is 11.8. The second-order valence-electron chi connectivity index (χ2n) is 4.67. The predicted molar refractivity (Wildman–Crippen MR) is 90.5 cm³/mol. The van der Waals surface area contributed by atoms with Gasteiger partial charge in [0.25, 0.3) is 0 Å². The summed E-state index contributed by atoms with van der Waals surface area (Å²) in [5.74, 6) is 0.574. The van der Waals surface area contributed by atoms with Crippen LogP contribution in [0.1, 0.15) is 23.9 Å². The largest absolute Gasteiger partial charge is 0.494 e. The van der Waals surface area contributed by atoms with E-state index < -0.39 is 0 Å². The maximum Gasteiger partial charge on any atom is 0.250 e. The van der Waals surface area contributed by atoms with Crippen LogP contribution in [0, 0.1) is 0 Å². The molecule has 0 aliphatic rings. The van der Waals surface area contributed by atoms with Crippen molar-refractivity contribution in [3.63, 3.8) is 0 Å². The van der Waals surface area contributed by atoms with Gasteiger partial charge in [-0.2, -0.15) is 0 Å². The number of carbonyl (C=O) groups excluding carboxylic acids is 1. The highest BCUT2D eigenvalue weighted by atomic mass is 32.1. The summed E-state index contributed by atoms with van der Waals surface area (Å²) in [6.07, 6.45) is 4.16. The molecule has 2 aromatic rings. The molecule has 0 bridgehead atoms. The first-order chi connectivity index (χ1) is 11.2. The summed E-state index contributed by atoms with van der Waals surface area (Å²) in [5.41, 5.74) is 0.918. The van der Waals surface area contributed by atoms with E-state index in [1.807, 2.05) is 24.3 Å². The van der Waals surface area contributed by atoms with Gasteiger partial charge in [0, 0.05) is 13.2 Å². The van der Waals surface area contributed by atoms with Gasteiger partial charge in [-0.3, -0.25) is 10.1 Å². The Morgan fingerprint density at radius 2 is 2.09 bits per heavy atom. The molecular weight excluding hydrogens is 314 g/mol. The fourth-order valence-corrected chi connectivity index (χ4v) is 2.41. The van der Waals surface area contributed by atoms with Crippen LogP contribution in [0.5, 0.6) is 5.75 Å². The first-order valence-electron chi connectivity index (χ1n) is 7.24. The molecule has 1 heterocycles. The van der Waals surface area contributed by atoms with E-state index in [-0.39, 0.29) is 5.91 Å². The summed E-state index contributed by atoms with van der Waals surface area (Å²) in [5, 5.41) is 11.6. The molecule has 6 nitrogen and oxygen atoms in total. The highest BCUT2D eigenvalue weighted by Crippen LogP contribution is 2.16. The third-order valence-electron chi connectivity index (χ3n) is 2.74. The molecule has 0 fully saturated rings. The van der Waals surface area contributed by atoms with Crippen molar-refractivity contribution in [2.45, 2.75) is 20.0 Å². The fourth-order valence-electron chi connectivity index (χ4n) is 1.70. The fraction of sp³-hybridized carbons (Fsp3) is 0.312. The molecule has 1 aromatic heterocycles. The van der Waals surface area contributed by atoms with Crippen molar-refractivity contribution in [3.05, 3.63) is 40.9 Å². The van der Waals surface area contributed by atoms with E-state index in [2.05, 4.69) is 22.4 Å². The average Bonchev–Trinajstić information content (AvgIpc) is 2.99. The Hall–Kier alpha value is -2.25. The van der Waals surface area contributed by atoms with Crippen molar-refractivity contribution in [1.82, 2.24) is 10.2 Å². The minimum absolute atomic E-state index is 0.253. The van der Waals surface area contributed by atoms with Crippen molar-refractivity contribution in [2.75, 3.05) is 19.0 Å². The Balaban J connectivity index is 1.87. The van der Waals surface area contributed by atoms with Crippen LogP contribution in [-0.4, -0.2) is 29.8 Å². The normalized spacial score (nSPS) is 10.9. The van der Waals surface area contributed by atoms with Gasteiger partial charge in [-0.1, -0.05) is 30.4 Å². The second kappa shape index (κ2) is 9.02. The van der Waals surface area contributed by atoms with E-state index in [0.29, 0.717) is 18.3 Å². The van der Waals surface area contributed by atoms with Gasteiger partial charge in [-0.15, -0.1) is 10.2 Å². The molecule has 0 aliphatic carbocycles. The third-order valence-corrected chi connectivity index (χ3v) is 3.56. The number of hydrogen-bond donors (Lipinski definition) is 1. The van der Waals surface area contributed by atoms with E-state index in [1.54, 1.807) is 13.2 Å². The van der Waals surface area contributed by atoms with Gasteiger partial charge in [0.1, 0.15) is 17.4 Å². The highest BCUT2D eigenvalue weighted by Gasteiger charge is 2.05. The van der Waals surface area contributed by atoms with Gasteiger partial charge >= 0.3 is 0 Å². The van der Waals surface area contributed by atoms with Gasteiger partial charge in [0.15, 0.2) is 0 Å². The van der Waals surface area contributed by atoms with Gasteiger partial charge < -0.3 is 9.47 Å². The van der Waals surface area contributed by atoms with Crippen molar-refractivity contribution >= 4 is 28.5 Å². The zero-order valence-electron chi connectivity index (χ0n) is 13.1. The number of amides is 1. The number of hydrogen-bond acceptors (Lipinski definition) is 6. The summed E-state index contributed by atoms with van der Waals surface area (Å²) in [6.45, 7) is 3.15. The second-order valence-corrected chi connectivity index (χ2v) is 5.74. The van der Waals surface area contributed by atoms with Crippen molar-refractivity contribution in [3.8, 4) is 5.75 Å². The van der Waals surface area contributed by atoms with Gasteiger partial charge in [0.2, 0.25) is 11.0 Å². The molecule has 1 aromatic carbocycles. The summed E-state index contributed by atoms with van der Waals surface area (Å²) in [7, 11) is 1.58. The molecule has 7 heteroatoms. The van der Waals surface area contributed by atoms with Crippen molar-refractivity contribution < 1.29 is 14.3 Å².